The fourth-order valence-electron chi connectivity index (χ4n) is 5.36. The second-order valence-electron chi connectivity index (χ2n) is 7.02. The molecule has 1 atom stereocenters. The molecule has 3 heteroatoms. The van der Waals surface area contributed by atoms with Crippen LogP contribution in [0.25, 0.3) is 0 Å². The summed E-state index contributed by atoms with van der Waals surface area (Å²) in [6.45, 7) is 2.13. The number of rotatable bonds is 2. The molecule has 1 aromatic rings. The highest BCUT2D eigenvalue weighted by Gasteiger charge is 2.50. The van der Waals surface area contributed by atoms with Crippen LogP contribution >= 0.6 is 27.3 Å². The predicted octanol–water partition coefficient (Wildman–Crippen LogP) is 4.92. The van der Waals surface area contributed by atoms with Gasteiger partial charge in [0, 0.05) is 14.2 Å². The highest BCUT2D eigenvalue weighted by Crippen LogP contribution is 2.60. The predicted molar refractivity (Wildman–Crippen MR) is 82.3 cm³/mol. The summed E-state index contributed by atoms with van der Waals surface area (Å²) in [5.41, 5.74) is 0. The molecule has 1 unspecified atom stereocenters. The average Bonchev–Trinajstić information content (AvgIpc) is 2.66. The molecule has 1 N–H and O–H groups in total. The van der Waals surface area contributed by atoms with Crippen molar-refractivity contribution in [1.82, 2.24) is 0 Å². The van der Waals surface area contributed by atoms with Crippen molar-refractivity contribution >= 4 is 27.3 Å². The smallest absolute Gasteiger partial charge is 0.0926 e. The summed E-state index contributed by atoms with van der Waals surface area (Å²) in [4.78, 5) is 2.47. The quantitative estimate of drug-likeness (QED) is 0.809. The van der Waals surface area contributed by atoms with Gasteiger partial charge in [0.1, 0.15) is 0 Å². The first kappa shape index (κ1) is 12.8. The topological polar surface area (TPSA) is 20.2 Å². The summed E-state index contributed by atoms with van der Waals surface area (Å²) < 4.78 is 1.12. The lowest BCUT2D eigenvalue weighted by Gasteiger charge is -2.55. The van der Waals surface area contributed by atoms with Gasteiger partial charge in [0.2, 0.25) is 0 Å². The lowest BCUT2D eigenvalue weighted by atomic mass is 9.51. The second kappa shape index (κ2) is 4.57. The van der Waals surface area contributed by atoms with Gasteiger partial charge in [0.05, 0.1) is 6.10 Å². The van der Waals surface area contributed by atoms with Crippen LogP contribution < -0.4 is 0 Å². The van der Waals surface area contributed by atoms with E-state index in [9.17, 15) is 5.11 Å². The lowest BCUT2D eigenvalue weighted by Crippen LogP contribution is -2.47. The summed E-state index contributed by atoms with van der Waals surface area (Å²) in [7, 11) is 0. The number of aliphatic hydroxyl groups is 1. The van der Waals surface area contributed by atoms with Crippen molar-refractivity contribution in [3.8, 4) is 0 Å². The molecule has 1 aromatic heterocycles. The minimum absolute atomic E-state index is 0.233. The molecule has 1 heterocycles. The Morgan fingerprint density at radius 2 is 1.74 bits per heavy atom. The number of aryl methyl sites for hydroxylation is 1. The van der Waals surface area contributed by atoms with E-state index < -0.39 is 0 Å². The summed E-state index contributed by atoms with van der Waals surface area (Å²) in [5.74, 6) is 4.09. The molecule has 0 aliphatic heterocycles. The maximum absolute atomic E-state index is 10.9. The number of aliphatic hydroxyl groups excluding tert-OH is 1. The van der Waals surface area contributed by atoms with Gasteiger partial charge in [-0.25, -0.2) is 0 Å². The van der Waals surface area contributed by atoms with Crippen LogP contribution in [0.2, 0.25) is 0 Å². The van der Waals surface area contributed by atoms with Crippen molar-refractivity contribution in [2.24, 2.45) is 29.6 Å². The van der Waals surface area contributed by atoms with Crippen LogP contribution in [0.4, 0.5) is 0 Å². The third-order valence-electron chi connectivity index (χ3n) is 5.77. The van der Waals surface area contributed by atoms with Gasteiger partial charge in [-0.3, -0.25) is 0 Å². The Kier molecular flexibility index (Phi) is 3.09. The van der Waals surface area contributed by atoms with Gasteiger partial charge in [0.25, 0.3) is 0 Å². The van der Waals surface area contributed by atoms with Crippen molar-refractivity contribution in [2.75, 3.05) is 0 Å². The molecule has 19 heavy (non-hydrogen) atoms. The summed E-state index contributed by atoms with van der Waals surface area (Å²) in [5, 5.41) is 10.9. The molecule has 0 spiro atoms. The molecule has 4 aliphatic carbocycles. The Balaban J connectivity index is 1.63. The maximum Gasteiger partial charge on any atom is 0.0926 e. The fraction of sp³-hybridized carbons (Fsp3) is 0.750. The zero-order chi connectivity index (χ0) is 13.1. The van der Waals surface area contributed by atoms with E-state index >= 15 is 0 Å². The molecular formula is C16H21BrOS. The van der Waals surface area contributed by atoms with Crippen molar-refractivity contribution < 1.29 is 5.11 Å². The maximum atomic E-state index is 10.9. The van der Waals surface area contributed by atoms with Crippen molar-refractivity contribution in [3.63, 3.8) is 0 Å². The van der Waals surface area contributed by atoms with Gasteiger partial charge in [-0.05, 0) is 90.6 Å². The van der Waals surface area contributed by atoms with E-state index in [0.29, 0.717) is 5.92 Å². The van der Waals surface area contributed by atoms with Gasteiger partial charge in [0.15, 0.2) is 0 Å². The summed E-state index contributed by atoms with van der Waals surface area (Å²) >= 11 is 5.41. The van der Waals surface area contributed by atoms with Crippen LogP contribution in [0.1, 0.15) is 48.0 Å². The van der Waals surface area contributed by atoms with Gasteiger partial charge < -0.3 is 5.11 Å². The van der Waals surface area contributed by atoms with Gasteiger partial charge in [-0.2, -0.15) is 0 Å². The zero-order valence-electron chi connectivity index (χ0n) is 11.3. The Hall–Kier alpha value is 0.140. The van der Waals surface area contributed by atoms with Crippen LogP contribution in [-0.2, 0) is 0 Å². The Morgan fingerprint density at radius 3 is 2.21 bits per heavy atom. The second-order valence-corrected chi connectivity index (χ2v) is 9.16. The Bertz CT molecular complexity index is 467. The van der Waals surface area contributed by atoms with Gasteiger partial charge in [-0.1, -0.05) is 0 Å². The monoisotopic (exact) mass is 340 g/mol. The standard InChI is InChI=1S/C16H21BrOS/c1-8-2-13(17)16(19-8)15(18)14-11-4-9-3-10(6-11)7-12(14)5-9/h2,9-12,14-15,18H,3-7H2,1H3. The van der Waals surface area contributed by atoms with Crippen molar-refractivity contribution in [2.45, 2.75) is 45.1 Å². The first-order valence-corrected chi connectivity index (χ1v) is 9.16. The molecule has 104 valence electrons. The molecule has 0 aromatic carbocycles. The zero-order valence-corrected chi connectivity index (χ0v) is 13.7. The van der Waals surface area contributed by atoms with E-state index in [1.54, 1.807) is 11.3 Å². The molecule has 4 aliphatic rings. The normalized spacial score (nSPS) is 41.7. The van der Waals surface area contributed by atoms with E-state index in [2.05, 4.69) is 28.9 Å². The van der Waals surface area contributed by atoms with E-state index in [-0.39, 0.29) is 6.10 Å². The van der Waals surface area contributed by atoms with Crippen LogP contribution in [0.3, 0.4) is 0 Å². The third kappa shape index (κ3) is 2.04. The first-order valence-electron chi connectivity index (χ1n) is 7.55. The summed E-state index contributed by atoms with van der Waals surface area (Å²) in [6, 6.07) is 2.15. The minimum Gasteiger partial charge on any atom is -0.387 e. The molecule has 0 radical (unpaired) electrons. The minimum atomic E-state index is -0.233. The van der Waals surface area contributed by atoms with Crippen LogP contribution in [0.5, 0.6) is 0 Å². The van der Waals surface area contributed by atoms with E-state index in [1.807, 2.05) is 0 Å². The number of hydrogen-bond acceptors (Lipinski definition) is 2. The van der Waals surface area contributed by atoms with Crippen molar-refractivity contribution in [3.05, 3.63) is 20.3 Å². The van der Waals surface area contributed by atoms with Crippen LogP contribution in [0, 0.1) is 36.5 Å². The van der Waals surface area contributed by atoms with Gasteiger partial charge in [-0.15, -0.1) is 11.3 Å². The Labute approximate surface area is 127 Å². The van der Waals surface area contributed by atoms with Crippen LogP contribution in [-0.4, -0.2) is 5.11 Å². The molecule has 4 saturated carbocycles. The molecule has 0 saturated heterocycles. The molecule has 4 fully saturated rings. The highest BCUT2D eigenvalue weighted by atomic mass is 79.9. The van der Waals surface area contributed by atoms with E-state index in [0.717, 1.165) is 28.1 Å². The average molecular weight is 341 g/mol. The summed E-state index contributed by atoms with van der Waals surface area (Å²) in [6.07, 6.45) is 6.79. The van der Waals surface area contributed by atoms with Crippen molar-refractivity contribution in [1.29, 1.82) is 0 Å². The number of thiophene rings is 1. The molecule has 1 nitrogen and oxygen atoms in total. The molecule has 4 bridgehead atoms. The number of hydrogen-bond donors (Lipinski definition) is 1. The molecule has 5 rings (SSSR count). The largest absolute Gasteiger partial charge is 0.387 e. The SMILES string of the molecule is Cc1cc(Br)c(C(O)C2C3CC4CC(C3)CC2C4)s1. The third-order valence-corrected chi connectivity index (χ3v) is 7.81. The molecular weight excluding hydrogens is 320 g/mol. The molecule has 0 amide bonds. The highest BCUT2D eigenvalue weighted by molar-refractivity contribution is 9.10. The van der Waals surface area contributed by atoms with Crippen LogP contribution in [0.15, 0.2) is 10.5 Å². The van der Waals surface area contributed by atoms with E-state index in [4.69, 9.17) is 0 Å². The van der Waals surface area contributed by atoms with Gasteiger partial charge >= 0.3 is 0 Å². The first-order chi connectivity index (χ1) is 9.11. The lowest BCUT2D eigenvalue weighted by molar-refractivity contribution is -0.0899. The number of halogens is 1. The Morgan fingerprint density at radius 1 is 1.16 bits per heavy atom. The fourth-order valence-corrected chi connectivity index (χ4v) is 7.29. The van der Waals surface area contributed by atoms with E-state index in [1.165, 1.54) is 41.9 Å².